The Bertz CT molecular complexity index is 579. The van der Waals surface area contributed by atoms with Gasteiger partial charge >= 0.3 is 5.97 Å². The quantitative estimate of drug-likeness (QED) is 0.430. The molecule has 1 aromatic rings. The van der Waals surface area contributed by atoms with Crippen LogP contribution in [0.2, 0.25) is 0 Å². The number of carbonyl (C=O) groups excluding carboxylic acids is 1. The van der Waals surface area contributed by atoms with Crippen molar-refractivity contribution in [3.63, 3.8) is 0 Å². The molecule has 0 aliphatic heterocycles. The zero-order valence-corrected chi connectivity index (χ0v) is 11.9. The largest absolute Gasteiger partial charge is 0.478 e. The fourth-order valence-electron chi connectivity index (χ4n) is 1.89. The molecule has 0 aromatic heterocycles. The number of aromatic carboxylic acids is 1. The number of hydrogen-bond donors (Lipinski definition) is 4. The van der Waals surface area contributed by atoms with Crippen molar-refractivity contribution in [3.8, 4) is 0 Å². The minimum Gasteiger partial charge on any atom is -0.478 e. The van der Waals surface area contributed by atoms with Gasteiger partial charge in [0.15, 0.2) is 0 Å². The molecule has 0 radical (unpaired) electrons. The number of benzene rings is 1. The first-order valence-electron chi connectivity index (χ1n) is 6.28. The maximum atomic E-state index is 11.1. The van der Waals surface area contributed by atoms with Gasteiger partial charge in [-0.15, -0.1) is 0 Å². The molecule has 22 heavy (non-hydrogen) atoms. The number of nitro groups is 1. The second-order valence-corrected chi connectivity index (χ2v) is 4.72. The van der Waals surface area contributed by atoms with E-state index < -0.39 is 34.7 Å². The average molecular weight is 312 g/mol. The minimum atomic E-state index is -1.58. The van der Waals surface area contributed by atoms with Crippen LogP contribution in [0.3, 0.4) is 0 Å². The topological polar surface area (TPSA) is 150 Å². The van der Waals surface area contributed by atoms with Gasteiger partial charge in [0, 0.05) is 25.1 Å². The average Bonchev–Trinajstić information content (AvgIpc) is 2.43. The SMILES string of the molecule is CC(=O)NCC(O)C(O)c1cc(C(=O)O)c(C)c([N+](=O)[O-])c1. The maximum absolute atomic E-state index is 11.1. The van der Waals surface area contributed by atoms with Crippen molar-refractivity contribution in [2.24, 2.45) is 0 Å². The van der Waals surface area contributed by atoms with Gasteiger partial charge in [0.1, 0.15) is 12.2 Å². The summed E-state index contributed by atoms with van der Waals surface area (Å²) in [6, 6.07) is 2.07. The number of rotatable bonds is 6. The Morgan fingerprint density at radius 1 is 1.36 bits per heavy atom. The number of nitrogens with one attached hydrogen (secondary N) is 1. The number of aliphatic hydroxyl groups excluding tert-OH is 2. The Hall–Kier alpha value is -2.52. The van der Waals surface area contributed by atoms with Crippen molar-refractivity contribution in [3.05, 3.63) is 38.9 Å². The summed E-state index contributed by atoms with van der Waals surface area (Å²) in [5.74, 6) is -1.81. The van der Waals surface area contributed by atoms with E-state index in [4.69, 9.17) is 5.11 Å². The Balaban J connectivity index is 3.20. The molecule has 0 saturated carbocycles. The van der Waals surface area contributed by atoms with Gasteiger partial charge in [-0.2, -0.15) is 0 Å². The summed E-state index contributed by atoms with van der Waals surface area (Å²) < 4.78 is 0. The highest BCUT2D eigenvalue weighted by atomic mass is 16.6. The molecular formula is C13H16N2O7. The summed E-state index contributed by atoms with van der Waals surface area (Å²) in [5.41, 5.74) is -0.979. The van der Waals surface area contributed by atoms with E-state index in [0.29, 0.717) is 0 Å². The normalized spacial score (nSPS) is 13.3. The summed E-state index contributed by atoms with van der Waals surface area (Å²) >= 11 is 0. The molecule has 1 rings (SSSR count). The van der Waals surface area contributed by atoms with Gasteiger partial charge < -0.3 is 20.6 Å². The van der Waals surface area contributed by atoms with Crippen LogP contribution in [0.25, 0.3) is 0 Å². The lowest BCUT2D eigenvalue weighted by Gasteiger charge is -2.19. The Morgan fingerprint density at radius 3 is 2.41 bits per heavy atom. The number of hydrogen-bond acceptors (Lipinski definition) is 6. The van der Waals surface area contributed by atoms with Crippen molar-refractivity contribution < 1.29 is 29.8 Å². The van der Waals surface area contributed by atoms with Crippen molar-refractivity contribution in [1.29, 1.82) is 0 Å². The molecule has 0 aliphatic carbocycles. The number of carboxylic acid groups (broad SMARTS) is 1. The van der Waals surface area contributed by atoms with Gasteiger partial charge in [-0.05, 0) is 18.6 Å². The molecule has 1 aromatic carbocycles. The highest BCUT2D eigenvalue weighted by Crippen LogP contribution is 2.28. The number of nitro benzene ring substituents is 1. The second kappa shape index (κ2) is 6.96. The number of amides is 1. The molecular weight excluding hydrogens is 296 g/mol. The Morgan fingerprint density at radius 2 is 1.95 bits per heavy atom. The van der Waals surface area contributed by atoms with E-state index in [1.54, 1.807) is 0 Å². The van der Waals surface area contributed by atoms with Crippen LogP contribution < -0.4 is 5.32 Å². The smallest absolute Gasteiger partial charge is 0.336 e. The first-order chi connectivity index (χ1) is 10.1. The Kier molecular flexibility index (Phi) is 5.55. The molecule has 0 saturated heterocycles. The van der Waals surface area contributed by atoms with Crippen LogP contribution in [0.4, 0.5) is 5.69 Å². The molecule has 4 N–H and O–H groups in total. The van der Waals surface area contributed by atoms with Crippen molar-refractivity contribution >= 4 is 17.6 Å². The predicted octanol–water partition coefficient (Wildman–Crippen LogP) is 0.132. The van der Waals surface area contributed by atoms with E-state index in [9.17, 15) is 29.9 Å². The molecule has 0 aliphatic rings. The summed E-state index contributed by atoms with van der Waals surface area (Å²) in [6.45, 7) is 2.23. The summed E-state index contributed by atoms with van der Waals surface area (Å²) in [6.07, 6.45) is -3.02. The highest BCUT2D eigenvalue weighted by Gasteiger charge is 2.26. The van der Waals surface area contributed by atoms with Gasteiger partial charge in [0.2, 0.25) is 5.91 Å². The molecule has 0 fully saturated rings. The lowest BCUT2D eigenvalue weighted by atomic mass is 9.97. The third-order valence-electron chi connectivity index (χ3n) is 3.10. The van der Waals surface area contributed by atoms with E-state index in [1.165, 1.54) is 13.8 Å². The molecule has 2 unspecified atom stereocenters. The van der Waals surface area contributed by atoms with E-state index in [-0.39, 0.29) is 23.2 Å². The van der Waals surface area contributed by atoms with Gasteiger partial charge in [-0.25, -0.2) is 4.79 Å². The molecule has 2 atom stereocenters. The summed E-state index contributed by atoms with van der Waals surface area (Å²) in [4.78, 5) is 32.1. The highest BCUT2D eigenvalue weighted by molar-refractivity contribution is 5.91. The molecule has 120 valence electrons. The monoisotopic (exact) mass is 312 g/mol. The van der Waals surface area contributed by atoms with Crippen LogP contribution in [0, 0.1) is 17.0 Å². The van der Waals surface area contributed by atoms with Gasteiger partial charge in [0.25, 0.3) is 5.69 Å². The lowest BCUT2D eigenvalue weighted by molar-refractivity contribution is -0.385. The van der Waals surface area contributed by atoms with E-state index >= 15 is 0 Å². The second-order valence-electron chi connectivity index (χ2n) is 4.72. The van der Waals surface area contributed by atoms with Gasteiger partial charge in [0.05, 0.1) is 10.5 Å². The number of nitrogens with zero attached hydrogens (tertiary/aromatic N) is 1. The van der Waals surface area contributed by atoms with Crippen LogP contribution in [0.5, 0.6) is 0 Å². The molecule has 9 nitrogen and oxygen atoms in total. The van der Waals surface area contributed by atoms with E-state index in [0.717, 1.165) is 12.1 Å². The fourth-order valence-corrected chi connectivity index (χ4v) is 1.89. The standard InChI is InChI=1S/C13H16N2O7/c1-6-9(13(19)20)3-8(4-10(6)15(21)22)12(18)11(17)5-14-7(2)16/h3-4,11-12,17-18H,5H2,1-2H3,(H,14,16)(H,19,20). The zero-order valence-electron chi connectivity index (χ0n) is 11.9. The Labute approximate surface area is 125 Å². The first kappa shape index (κ1) is 17.5. The third kappa shape index (κ3) is 3.99. The summed E-state index contributed by atoms with van der Waals surface area (Å²) in [5, 5.41) is 42.1. The zero-order chi connectivity index (χ0) is 17.0. The van der Waals surface area contributed by atoms with E-state index in [2.05, 4.69) is 5.32 Å². The van der Waals surface area contributed by atoms with Gasteiger partial charge in [-0.3, -0.25) is 14.9 Å². The van der Waals surface area contributed by atoms with Crippen LogP contribution >= 0.6 is 0 Å². The minimum absolute atomic E-state index is 0.0511. The van der Waals surface area contributed by atoms with Crippen LogP contribution in [0.15, 0.2) is 12.1 Å². The lowest BCUT2D eigenvalue weighted by Crippen LogP contribution is -2.34. The maximum Gasteiger partial charge on any atom is 0.336 e. The van der Waals surface area contributed by atoms with Crippen molar-refractivity contribution in [1.82, 2.24) is 5.32 Å². The van der Waals surface area contributed by atoms with Crippen LogP contribution in [-0.2, 0) is 4.79 Å². The molecule has 1 amide bonds. The summed E-state index contributed by atoms with van der Waals surface area (Å²) in [7, 11) is 0. The fraction of sp³-hybridized carbons (Fsp3) is 0.385. The van der Waals surface area contributed by atoms with Crippen molar-refractivity contribution in [2.45, 2.75) is 26.1 Å². The number of carboxylic acids is 1. The molecule has 0 heterocycles. The van der Waals surface area contributed by atoms with Crippen LogP contribution in [-0.4, -0.2) is 44.8 Å². The third-order valence-corrected chi connectivity index (χ3v) is 3.10. The molecule has 0 bridgehead atoms. The van der Waals surface area contributed by atoms with E-state index in [1.807, 2.05) is 0 Å². The first-order valence-corrected chi connectivity index (χ1v) is 6.28. The number of carbonyl (C=O) groups is 2. The number of aliphatic hydroxyl groups is 2. The van der Waals surface area contributed by atoms with Gasteiger partial charge in [-0.1, -0.05) is 0 Å². The van der Waals surface area contributed by atoms with Crippen LogP contribution in [0.1, 0.15) is 34.5 Å². The van der Waals surface area contributed by atoms with Crippen molar-refractivity contribution in [2.75, 3.05) is 6.54 Å². The predicted molar refractivity (Wildman–Crippen MR) is 74.4 cm³/mol. The molecule has 9 heteroatoms. The molecule has 0 spiro atoms.